The lowest BCUT2D eigenvalue weighted by Gasteiger charge is -2.24. The van der Waals surface area contributed by atoms with E-state index in [0.717, 1.165) is 74.7 Å². The molecule has 0 unspecified atom stereocenters. The maximum Gasteiger partial charge on any atom is 0.252 e. The topological polar surface area (TPSA) is 95.7 Å². The van der Waals surface area contributed by atoms with Crippen LogP contribution in [0.5, 0.6) is 11.6 Å². The number of carbonyl (C=O) groups excluding carboxylic acids is 1. The van der Waals surface area contributed by atoms with Crippen LogP contribution < -0.4 is 20.5 Å². The van der Waals surface area contributed by atoms with Gasteiger partial charge in [0.1, 0.15) is 11.9 Å². The zero-order valence-corrected chi connectivity index (χ0v) is 19.5. The molecule has 0 saturated carbocycles. The Kier molecular flexibility index (Phi) is 7.69. The van der Waals surface area contributed by atoms with Gasteiger partial charge in [-0.25, -0.2) is 4.98 Å². The molecular weight excluding hydrogens is 418 g/mol. The van der Waals surface area contributed by atoms with Crippen LogP contribution in [0.3, 0.4) is 0 Å². The Bertz CT molecular complexity index is 1040. The minimum absolute atomic E-state index is 0.0465. The number of ether oxygens (including phenoxy) is 3. The highest BCUT2D eigenvalue weighted by Gasteiger charge is 2.21. The summed E-state index contributed by atoms with van der Waals surface area (Å²) in [6.07, 6.45) is 6.60. The number of hydrogen-bond donors (Lipinski definition) is 2. The number of amides is 1. The molecule has 2 saturated heterocycles. The summed E-state index contributed by atoms with van der Waals surface area (Å²) >= 11 is 0. The van der Waals surface area contributed by atoms with Gasteiger partial charge >= 0.3 is 0 Å². The Hall–Kier alpha value is -2.82. The molecule has 176 valence electrons. The van der Waals surface area contributed by atoms with Crippen molar-refractivity contribution in [3.63, 3.8) is 0 Å². The zero-order valence-electron chi connectivity index (χ0n) is 19.5. The number of nitrogens with two attached hydrogens (primary N) is 1. The molecule has 2 fully saturated rings. The summed E-state index contributed by atoms with van der Waals surface area (Å²) < 4.78 is 17.6. The van der Waals surface area contributed by atoms with Crippen molar-refractivity contribution in [3.05, 3.63) is 29.5 Å². The van der Waals surface area contributed by atoms with Gasteiger partial charge in [0, 0.05) is 43.1 Å². The van der Waals surface area contributed by atoms with Crippen molar-refractivity contribution in [2.24, 2.45) is 11.7 Å². The lowest BCUT2D eigenvalue weighted by atomic mass is 9.96. The summed E-state index contributed by atoms with van der Waals surface area (Å²) in [5, 5.41) is 4.94. The number of rotatable bonds is 6. The number of benzene rings is 1. The zero-order chi connectivity index (χ0) is 23.2. The van der Waals surface area contributed by atoms with Gasteiger partial charge in [0.25, 0.3) is 5.91 Å². The summed E-state index contributed by atoms with van der Waals surface area (Å²) in [4.78, 5) is 16.8. The van der Waals surface area contributed by atoms with E-state index in [1.807, 2.05) is 19.9 Å². The predicted molar refractivity (Wildman–Crippen MR) is 128 cm³/mol. The van der Waals surface area contributed by atoms with E-state index < -0.39 is 5.91 Å². The Labute approximate surface area is 195 Å². The first-order valence-electron chi connectivity index (χ1n) is 11.9. The maximum atomic E-state index is 12.2. The van der Waals surface area contributed by atoms with Gasteiger partial charge in [0.15, 0.2) is 0 Å². The van der Waals surface area contributed by atoms with Crippen LogP contribution in [0.1, 0.15) is 61.9 Å². The Balaban J connectivity index is 1.73. The second kappa shape index (κ2) is 10.9. The first-order valence-corrected chi connectivity index (χ1v) is 11.9. The average molecular weight is 452 g/mol. The van der Waals surface area contributed by atoms with Gasteiger partial charge in [-0.15, -0.1) is 0 Å². The number of nitrogens with one attached hydrogen (secondary N) is 1. The molecule has 3 N–H and O–H groups in total. The number of fused-ring (bicyclic) bond motifs is 1. The first kappa shape index (κ1) is 23.3. The highest BCUT2D eigenvalue weighted by molar-refractivity contribution is 6.03. The predicted octanol–water partition coefficient (Wildman–Crippen LogP) is 3.42. The number of hydrogen-bond acceptors (Lipinski definition) is 6. The molecule has 1 amide bonds. The summed E-state index contributed by atoms with van der Waals surface area (Å²) in [7, 11) is 0. The molecule has 1 atom stereocenters. The van der Waals surface area contributed by atoms with Gasteiger partial charge in [-0.1, -0.05) is 11.8 Å². The van der Waals surface area contributed by atoms with E-state index in [4.69, 9.17) is 19.9 Å². The molecule has 0 radical (unpaired) electrons. The average Bonchev–Trinajstić information content (AvgIpc) is 2.81. The van der Waals surface area contributed by atoms with E-state index in [1.54, 1.807) is 12.3 Å². The molecule has 0 bridgehead atoms. The molecule has 4 rings (SSSR count). The van der Waals surface area contributed by atoms with Crippen molar-refractivity contribution < 1.29 is 19.0 Å². The summed E-state index contributed by atoms with van der Waals surface area (Å²) in [6, 6.07) is 3.58. The smallest absolute Gasteiger partial charge is 0.252 e. The third-order valence-electron chi connectivity index (χ3n) is 6.06. The second-order valence-electron chi connectivity index (χ2n) is 9.05. The first-order chi connectivity index (χ1) is 16.0. The van der Waals surface area contributed by atoms with Crippen LogP contribution in [-0.2, 0) is 4.74 Å². The van der Waals surface area contributed by atoms with Crippen LogP contribution in [0.2, 0.25) is 0 Å². The highest BCUT2D eigenvalue weighted by Crippen LogP contribution is 2.34. The van der Waals surface area contributed by atoms with Gasteiger partial charge in [-0.05, 0) is 64.1 Å². The van der Waals surface area contributed by atoms with Crippen LogP contribution in [-0.4, -0.2) is 49.4 Å². The lowest BCUT2D eigenvalue weighted by molar-refractivity contribution is 0.0678. The summed E-state index contributed by atoms with van der Waals surface area (Å²) in [5.74, 6) is 7.57. The number of carbonyl (C=O) groups is 1. The molecule has 2 aliphatic rings. The SMILES string of the molecule is CC(C)Oc1cc2c(O[C@@H]3CCCNC3)ncc(C#CCC3CCOCC3)c2cc1C(N)=O. The number of piperidine rings is 1. The molecule has 0 spiro atoms. The van der Waals surface area contributed by atoms with Crippen LogP contribution in [0, 0.1) is 17.8 Å². The fourth-order valence-electron chi connectivity index (χ4n) is 4.30. The van der Waals surface area contributed by atoms with Crippen molar-refractivity contribution in [2.45, 2.75) is 58.2 Å². The molecule has 0 aliphatic carbocycles. The number of nitrogens with zero attached hydrogens (tertiary/aromatic N) is 1. The third-order valence-corrected chi connectivity index (χ3v) is 6.06. The van der Waals surface area contributed by atoms with Gasteiger partial charge in [0.05, 0.1) is 17.2 Å². The largest absolute Gasteiger partial charge is 0.490 e. The van der Waals surface area contributed by atoms with Gasteiger partial charge in [-0.3, -0.25) is 4.79 Å². The molecule has 3 heterocycles. The van der Waals surface area contributed by atoms with Gasteiger partial charge in [-0.2, -0.15) is 0 Å². The molecule has 7 nitrogen and oxygen atoms in total. The van der Waals surface area contributed by atoms with E-state index in [1.165, 1.54) is 0 Å². The normalized spacial score (nSPS) is 19.2. The van der Waals surface area contributed by atoms with Crippen molar-refractivity contribution in [3.8, 4) is 23.5 Å². The standard InChI is InChI=1S/C26H33N3O4/c1-17(2)32-24-14-22-21(13-23(24)25(27)30)19(6-3-5-18-8-11-31-12-9-18)15-29-26(22)33-20-7-4-10-28-16-20/h13-15,17-18,20,28H,4-5,7-12,16H2,1-2H3,(H2,27,30)/t20-/m1/s1. The molecule has 2 aliphatic heterocycles. The monoisotopic (exact) mass is 451 g/mol. The van der Waals surface area contributed by atoms with Crippen molar-refractivity contribution in [1.82, 2.24) is 10.3 Å². The molecule has 7 heteroatoms. The lowest BCUT2D eigenvalue weighted by Crippen LogP contribution is -2.37. The molecular formula is C26H33N3O4. The van der Waals surface area contributed by atoms with Crippen LogP contribution in [0.25, 0.3) is 10.8 Å². The van der Waals surface area contributed by atoms with Crippen LogP contribution in [0.4, 0.5) is 0 Å². The van der Waals surface area contributed by atoms with Crippen LogP contribution in [0.15, 0.2) is 18.3 Å². The van der Waals surface area contributed by atoms with E-state index in [0.29, 0.717) is 23.1 Å². The van der Waals surface area contributed by atoms with Crippen molar-refractivity contribution >= 4 is 16.7 Å². The third kappa shape index (κ3) is 5.95. The molecule has 1 aromatic heterocycles. The quantitative estimate of drug-likeness (QED) is 0.654. The van der Waals surface area contributed by atoms with Crippen molar-refractivity contribution in [1.29, 1.82) is 0 Å². The Morgan fingerprint density at radius 3 is 2.79 bits per heavy atom. The number of primary amides is 1. The van der Waals surface area contributed by atoms with Crippen molar-refractivity contribution in [2.75, 3.05) is 26.3 Å². The van der Waals surface area contributed by atoms with E-state index in [9.17, 15) is 4.79 Å². The van der Waals surface area contributed by atoms with E-state index in [-0.39, 0.29) is 12.2 Å². The minimum Gasteiger partial charge on any atom is -0.490 e. The summed E-state index contributed by atoms with van der Waals surface area (Å²) in [5.41, 5.74) is 6.78. The number of pyridine rings is 1. The highest BCUT2D eigenvalue weighted by atomic mass is 16.5. The Morgan fingerprint density at radius 2 is 2.09 bits per heavy atom. The van der Waals surface area contributed by atoms with Gasteiger partial charge < -0.3 is 25.3 Å². The molecule has 1 aromatic carbocycles. The van der Waals surface area contributed by atoms with E-state index in [2.05, 4.69) is 22.1 Å². The fourth-order valence-corrected chi connectivity index (χ4v) is 4.30. The van der Waals surface area contributed by atoms with E-state index >= 15 is 0 Å². The van der Waals surface area contributed by atoms with Crippen LogP contribution >= 0.6 is 0 Å². The maximum absolute atomic E-state index is 12.2. The van der Waals surface area contributed by atoms with Gasteiger partial charge in [0.2, 0.25) is 5.88 Å². The second-order valence-corrected chi connectivity index (χ2v) is 9.05. The fraction of sp³-hybridized carbons (Fsp3) is 0.538. The Morgan fingerprint density at radius 1 is 1.27 bits per heavy atom. The molecule has 2 aromatic rings. The summed E-state index contributed by atoms with van der Waals surface area (Å²) in [6.45, 7) is 7.22. The number of aromatic nitrogens is 1. The molecule has 33 heavy (non-hydrogen) atoms. The minimum atomic E-state index is -0.538.